The number of carbonyl (C=O) groups excluding carboxylic acids is 2. The Morgan fingerprint density at radius 1 is 1.24 bits per heavy atom. The molecule has 0 bridgehead atoms. The van der Waals surface area contributed by atoms with Crippen molar-refractivity contribution in [2.75, 3.05) is 18.4 Å². The maximum absolute atomic E-state index is 13.1. The summed E-state index contributed by atoms with van der Waals surface area (Å²) in [6.45, 7) is 0.972. The van der Waals surface area contributed by atoms with E-state index in [0.29, 0.717) is 18.8 Å². The molecule has 2 aromatic rings. The smallest absolute Gasteiger partial charge is 0.229 e. The second-order valence-electron chi connectivity index (χ2n) is 6.09. The molecule has 130 valence electrons. The number of nitrogens with zero attached hydrogens (tertiary/aromatic N) is 1. The van der Waals surface area contributed by atoms with Crippen molar-refractivity contribution in [1.82, 2.24) is 4.90 Å². The van der Waals surface area contributed by atoms with Crippen LogP contribution < -0.4 is 5.32 Å². The quantitative estimate of drug-likeness (QED) is 0.887. The highest BCUT2D eigenvalue weighted by Gasteiger charge is 2.34. The Morgan fingerprint density at radius 2 is 2.00 bits per heavy atom. The van der Waals surface area contributed by atoms with Gasteiger partial charge in [-0.2, -0.15) is 0 Å². The first-order chi connectivity index (χ1) is 12.0. The lowest BCUT2D eigenvalue weighted by Gasteiger charge is -2.16. The second kappa shape index (κ2) is 7.66. The van der Waals surface area contributed by atoms with Crippen LogP contribution in [0.25, 0.3) is 0 Å². The first-order valence-electron chi connectivity index (χ1n) is 8.10. The van der Waals surface area contributed by atoms with Crippen molar-refractivity contribution in [1.29, 1.82) is 0 Å². The van der Waals surface area contributed by atoms with Crippen LogP contribution in [0, 0.1) is 11.7 Å². The molecule has 1 aliphatic rings. The Balaban J connectivity index is 1.57. The van der Waals surface area contributed by atoms with E-state index in [4.69, 9.17) is 11.6 Å². The van der Waals surface area contributed by atoms with Crippen molar-refractivity contribution in [2.45, 2.75) is 12.8 Å². The molecule has 1 atom stereocenters. The number of likely N-dealkylation sites (tertiary alicyclic amines) is 1. The Hall–Kier alpha value is -2.40. The molecule has 0 spiro atoms. The number of anilines is 1. The van der Waals surface area contributed by atoms with Gasteiger partial charge in [-0.3, -0.25) is 9.59 Å². The summed E-state index contributed by atoms with van der Waals surface area (Å²) in [6, 6.07) is 13.7. The standard InChI is InChI=1S/C19H18ClFN2O2/c20-16-11-15(21)6-7-17(16)22-19(25)14-10-18(24)23(12-14)9-8-13-4-2-1-3-5-13/h1-7,11,14H,8-10,12H2,(H,22,25)/t14-/m1/s1. The highest BCUT2D eigenvalue weighted by Crippen LogP contribution is 2.25. The van der Waals surface area contributed by atoms with Crippen LogP contribution in [0.5, 0.6) is 0 Å². The van der Waals surface area contributed by atoms with Crippen LogP contribution in [-0.2, 0) is 16.0 Å². The molecule has 1 heterocycles. The van der Waals surface area contributed by atoms with E-state index in [2.05, 4.69) is 5.32 Å². The van der Waals surface area contributed by atoms with Gasteiger partial charge >= 0.3 is 0 Å². The van der Waals surface area contributed by atoms with E-state index in [1.54, 1.807) is 4.90 Å². The number of rotatable bonds is 5. The van der Waals surface area contributed by atoms with Crippen molar-refractivity contribution in [3.05, 3.63) is 64.9 Å². The molecule has 6 heteroatoms. The van der Waals surface area contributed by atoms with Crippen LogP contribution in [0.2, 0.25) is 5.02 Å². The minimum atomic E-state index is -0.467. The van der Waals surface area contributed by atoms with E-state index in [0.717, 1.165) is 18.1 Å². The van der Waals surface area contributed by atoms with Crippen molar-refractivity contribution in [3.63, 3.8) is 0 Å². The van der Waals surface area contributed by atoms with Gasteiger partial charge in [0.2, 0.25) is 11.8 Å². The highest BCUT2D eigenvalue weighted by atomic mass is 35.5. The van der Waals surface area contributed by atoms with Crippen molar-refractivity contribution in [2.24, 2.45) is 5.92 Å². The molecule has 2 aromatic carbocycles. The van der Waals surface area contributed by atoms with Crippen LogP contribution in [0.4, 0.5) is 10.1 Å². The van der Waals surface area contributed by atoms with E-state index in [1.807, 2.05) is 30.3 Å². The van der Waals surface area contributed by atoms with Crippen LogP contribution in [0.1, 0.15) is 12.0 Å². The van der Waals surface area contributed by atoms with Gasteiger partial charge in [-0.05, 0) is 30.2 Å². The maximum atomic E-state index is 13.1. The van der Waals surface area contributed by atoms with Crippen LogP contribution in [0.15, 0.2) is 48.5 Å². The van der Waals surface area contributed by atoms with Crippen LogP contribution >= 0.6 is 11.6 Å². The summed E-state index contributed by atoms with van der Waals surface area (Å²) in [7, 11) is 0. The van der Waals surface area contributed by atoms with Gasteiger partial charge in [0, 0.05) is 19.5 Å². The van der Waals surface area contributed by atoms with Crippen molar-refractivity contribution < 1.29 is 14.0 Å². The van der Waals surface area contributed by atoms with Gasteiger partial charge in [-0.25, -0.2) is 4.39 Å². The first kappa shape index (κ1) is 17.4. The first-order valence-corrected chi connectivity index (χ1v) is 8.48. The Morgan fingerprint density at radius 3 is 2.72 bits per heavy atom. The van der Waals surface area contributed by atoms with Crippen LogP contribution in [0.3, 0.4) is 0 Å². The highest BCUT2D eigenvalue weighted by molar-refractivity contribution is 6.33. The van der Waals surface area contributed by atoms with Gasteiger partial charge in [0.1, 0.15) is 5.82 Å². The molecule has 0 saturated carbocycles. The van der Waals surface area contributed by atoms with Gasteiger partial charge in [0.25, 0.3) is 0 Å². The number of benzene rings is 2. The van der Waals surface area contributed by atoms with Gasteiger partial charge in [0.05, 0.1) is 16.6 Å². The topological polar surface area (TPSA) is 49.4 Å². The number of nitrogens with one attached hydrogen (secondary N) is 1. The molecule has 0 unspecified atom stereocenters. The lowest BCUT2D eigenvalue weighted by molar-refractivity contribution is -0.128. The minimum absolute atomic E-state index is 0.0266. The van der Waals surface area contributed by atoms with E-state index in [9.17, 15) is 14.0 Å². The Labute approximate surface area is 150 Å². The number of hydrogen-bond donors (Lipinski definition) is 1. The molecule has 1 fully saturated rings. The lowest BCUT2D eigenvalue weighted by Crippen LogP contribution is -2.30. The molecule has 4 nitrogen and oxygen atoms in total. The summed E-state index contributed by atoms with van der Waals surface area (Å²) in [5.41, 5.74) is 1.50. The Kier molecular flexibility index (Phi) is 5.34. The predicted molar refractivity (Wildman–Crippen MR) is 94.9 cm³/mol. The second-order valence-corrected chi connectivity index (χ2v) is 6.50. The number of hydrogen-bond acceptors (Lipinski definition) is 2. The third-order valence-corrected chi connectivity index (χ3v) is 4.60. The van der Waals surface area contributed by atoms with Crippen LogP contribution in [-0.4, -0.2) is 29.8 Å². The Bertz CT molecular complexity index is 782. The maximum Gasteiger partial charge on any atom is 0.229 e. The fourth-order valence-electron chi connectivity index (χ4n) is 2.90. The van der Waals surface area contributed by atoms with Gasteiger partial charge in [0.15, 0.2) is 0 Å². The largest absolute Gasteiger partial charge is 0.342 e. The summed E-state index contributed by atoms with van der Waals surface area (Å²) in [5, 5.41) is 2.82. The summed E-state index contributed by atoms with van der Waals surface area (Å²) >= 11 is 5.92. The van der Waals surface area contributed by atoms with E-state index < -0.39 is 11.7 Å². The molecule has 2 amide bonds. The third-order valence-electron chi connectivity index (χ3n) is 4.29. The third kappa shape index (κ3) is 4.37. The van der Waals surface area contributed by atoms with Gasteiger partial charge < -0.3 is 10.2 Å². The van der Waals surface area contributed by atoms with Gasteiger partial charge in [-0.15, -0.1) is 0 Å². The fraction of sp³-hybridized carbons (Fsp3) is 0.263. The normalized spacial score (nSPS) is 17.0. The molecule has 0 radical (unpaired) electrons. The monoisotopic (exact) mass is 360 g/mol. The van der Waals surface area contributed by atoms with E-state index >= 15 is 0 Å². The molecule has 1 saturated heterocycles. The molecule has 1 aliphatic heterocycles. The molecular formula is C19H18ClFN2O2. The summed E-state index contributed by atoms with van der Waals surface area (Å²) < 4.78 is 13.1. The minimum Gasteiger partial charge on any atom is -0.342 e. The van der Waals surface area contributed by atoms with Crippen molar-refractivity contribution in [3.8, 4) is 0 Å². The molecule has 3 rings (SSSR count). The van der Waals surface area contributed by atoms with Crippen molar-refractivity contribution >= 4 is 29.1 Å². The van der Waals surface area contributed by atoms with Gasteiger partial charge in [-0.1, -0.05) is 41.9 Å². The van der Waals surface area contributed by atoms with E-state index in [-0.39, 0.29) is 23.3 Å². The molecule has 1 N–H and O–H groups in total. The summed E-state index contributed by atoms with van der Waals surface area (Å²) in [5.74, 6) is -1.19. The summed E-state index contributed by atoms with van der Waals surface area (Å²) in [4.78, 5) is 26.2. The SMILES string of the molecule is O=C(Nc1ccc(F)cc1Cl)[C@@H]1CC(=O)N(CCc2ccccc2)C1. The average molecular weight is 361 g/mol. The number of carbonyl (C=O) groups is 2. The number of amides is 2. The molecule has 0 aliphatic carbocycles. The fourth-order valence-corrected chi connectivity index (χ4v) is 3.11. The lowest BCUT2D eigenvalue weighted by atomic mass is 10.1. The number of halogens is 2. The zero-order valence-corrected chi connectivity index (χ0v) is 14.3. The molecule has 0 aromatic heterocycles. The zero-order chi connectivity index (χ0) is 17.8. The average Bonchev–Trinajstić information content (AvgIpc) is 2.97. The molecular weight excluding hydrogens is 343 g/mol. The summed E-state index contributed by atoms with van der Waals surface area (Å²) in [6.07, 6.45) is 0.935. The zero-order valence-electron chi connectivity index (χ0n) is 13.5. The molecule has 25 heavy (non-hydrogen) atoms. The predicted octanol–water partition coefficient (Wildman–Crippen LogP) is 3.51. The van der Waals surface area contributed by atoms with E-state index in [1.165, 1.54) is 12.1 Å².